The zero-order valence-electron chi connectivity index (χ0n) is 12.0. The molecule has 0 aliphatic rings. The van der Waals surface area contributed by atoms with Gasteiger partial charge in [-0.25, -0.2) is 4.79 Å². The zero-order valence-corrected chi connectivity index (χ0v) is 12.0. The molecular weight excluding hydrogens is 244 g/mol. The molecule has 5 nitrogen and oxygen atoms in total. The molecule has 0 spiro atoms. The van der Waals surface area contributed by atoms with E-state index in [1.54, 1.807) is 12.1 Å². The third kappa shape index (κ3) is 4.89. The Kier molecular flexibility index (Phi) is 5.79. The highest BCUT2D eigenvalue weighted by Gasteiger charge is 2.11. The third-order valence-corrected chi connectivity index (χ3v) is 2.88. The average Bonchev–Trinajstić information content (AvgIpc) is 2.35. The molecule has 0 bridgehead atoms. The highest BCUT2D eigenvalue weighted by atomic mass is 16.5. The summed E-state index contributed by atoms with van der Waals surface area (Å²) in [6, 6.07) is 5.21. The minimum Gasteiger partial charge on any atom is -0.496 e. The number of carboxylic acid groups (broad SMARTS) is 1. The first-order chi connectivity index (χ1) is 8.93. The lowest BCUT2D eigenvalue weighted by Crippen LogP contribution is -2.28. The number of hydrogen-bond donors (Lipinski definition) is 1. The summed E-state index contributed by atoms with van der Waals surface area (Å²) in [6.45, 7) is 2.71. The van der Waals surface area contributed by atoms with Crippen LogP contribution in [0.4, 0.5) is 0 Å². The van der Waals surface area contributed by atoms with Crippen molar-refractivity contribution in [2.45, 2.75) is 6.54 Å². The van der Waals surface area contributed by atoms with E-state index in [1.165, 1.54) is 7.11 Å². The van der Waals surface area contributed by atoms with Crippen molar-refractivity contribution >= 4 is 5.97 Å². The summed E-state index contributed by atoms with van der Waals surface area (Å²) in [6.07, 6.45) is 0. The largest absolute Gasteiger partial charge is 0.496 e. The first-order valence-corrected chi connectivity index (χ1v) is 6.17. The van der Waals surface area contributed by atoms with Gasteiger partial charge in [0.25, 0.3) is 0 Å². The summed E-state index contributed by atoms with van der Waals surface area (Å²) < 4.78 is 5.12. The van der Waals surface area contributed by atoms with Crippen molar-refractivity contribution < 1.29 is 14.6 Å². The van der Waals surface area contributed by atoms with Gasteiger partial charge in [-0.3, -0.25) is 0 Å². The van der Waals surface area contributed by atoms with Gasteiger partial charge in [-0.2, -0.15) is 0 Å². The SMILES string of the molecule is COc1cc(CN(C)CCN(C)C)ccc1C(=O)O. The predicted molar refractivity (Wildman–Crippen MR) is 74.8 cm³/mol. The quantitative estimate of drug-likeness (QED) is 0.808. The molecule has 0 atom stereocenters. The maximum Gasteiger partial charge on any atom is 0.339 e. The second-order valence-electron chi connectivity index (χ2n) is 4.88. The number of hydrogen-bond acceptors (Lipinski definition) is 4. The summed E-state index contributed by atoms with van der Waals surface area (Å²) >= 11 is 0. The summed E-state index contributed by atoms with van der Waals surface area (Å²) in [4.78, 5) is 15.3. The number of aromatic carboxylic acids is 1. The lowest BCUT2D eigenvalue weighted by molar-refractivity contribution is 0.0693. The van der Waals surface area contributed by atoms with Crippen LogP contribution in [0.3, 0.4) is 0 Å². The fourth-order valence-electron chi connectivity index (χ4n) is 1.77. The zero-order chi connectivity index (χ0) is 14.4. The Bertz CT molecular complexity index is 433. The molecule has 0 unspecified atom stereocenters. The van der Waals surface area contributed by atoms with Crippen LogP contribution in [0.1, 0.15) is 15.9 Å². The van der Waals surface area contributed by atoms with Crippen molar-refractivity contribution in [3.63, 3.8) is 0 Å². The fourth-order valence-corrected chi connectivity index (χ4v) is 1.77. The van der Waals surface area contributed by atoms with E-state index in [9.17, 15) is 4.79 Å². The summed E-state index contributed by atoms with van der Waals surface area (Å²) in [5, 5.41) is 9.02. The van der Waals surface area contributed by atoms with Crippen LogP contribution in [0, 0.1) is 0 Å². The molecule has 0 aliphatic carbocycles. The van der Waals surface area contributed by atoms with Crippen molar-refractivity contribution in [2.24, 2.45) is 0 Å². The number of ether oxygens (including phenoxy) is 1. The third-order valence-electron chi connectivity index (χ3n) is 2.88. The van der Waals surface area contributed by atoms with E-state index in [0.29, 0.717) is 5.75 Å². The Morgan fingerprint density at radius 2 is 1.95 bits per heavy atom. The van der Waals surface area contributed by atoms with Crippen LogP contribution in [-0.4, -0.2) is 62.2 Å². The number of likely N-dealkylation sites (N-methyl/N-ethyl adjacent to an activating group) is 2. The highest BCUT2D eigenvalue weighted by Crippen LogP contribution is 2.20. The number of carboxylic acids is 1. The number of nitrogens with zero attached hydrogens (tertiary/aromatic N) is 2. The van der Waals surface area contributed by atoms with Gasteiger partial charge >= 0.3 is 5.97 Å². The molecule has 1 N–H and O–H groups in total. The molecule has 1 rings (SSSR count). The molecule has 1 aromatic carbocycles. The van der Waals surface area contributed by atoms with Crippen LogP contribution in [0.2, 0.25) is 0 Å². The van der Waals surface area contributed by atoms with Gasteiger partial charge in [0.1, 0.15) is 11.3 Å². The lowest BCUT2D eigenvalue weighted by atomic mass is 10.1. The van der Waals surface area contributed by atoms with Crippen LogP contribution >= 0.6 is 0 Å². The summed E-state index contributed by atoms with van der Waals surface area (Å²) in [5.41, 5.74) is 1.24. The second kappa shape index (κ2) is 7.11. The van der Waals surface area contributed by atoms with E-state index in [-0.39, 0.29) is 5.56 Å². The molecule has 0 radical (unpaired) electrons. The smallest absolute Gasteiger partial charge is 0.339 e. The first-order valence-electron chi connectivity index (χ1n) is 6.17. The number of benzene rings is 1. The van der Waals surface area contributed by atoms with Gasteiger partial charge in [0, 0.05) is 19.6 Å². The molecule has 106 valence electrons. The van der Waals surface area contributed by atoms with E-state index in [4.69, 9.17) is 9.84 Å². The molecule has 0 saturated heterocycles. The Balaban J connectivity index is 2.71. The molecule has 0 heterocycles. The number of methoxy groups -OCH3 is 1. The van der Waals surface area contributed by atoms with Gasteiger partial charge in [-0.15, -0.1) is 0 Å². The van der Waals surface area contributed by atoms with Crippen LogP contribution < -0.4 is 4.74 Å². The Morgan fingerprint density at radius 3 is 2.47 bits per heavy atom. The minimum absolute atomic E-state index is 0.196. The summed E-state index contributed by atoms with van der Waals surface area (Å²) in [7, 11) is 7.61. The van der Waals surface area contributed by atoms with E-state index < -0.39 is 5.97 Å². The van der Waals surface area contributed by atoms with Crippen LogP contribution in [-0.2, 0) is 6.54 Å². The van der Waals surface area contributed by atoms with Crippen LogP contribution in [0.15, 0.2) is 18.2 Å². The Labute approximate surface area is 114 Å². The van der Waals surface area contributed by atoms with Crippen molar-refractivity contribution in [2.75, 3.05) is 41.3 Å². The van der Waals surface area contributed by atoms with E-state index in [0.717, 1.165) is 25.2 Å². The average molecular weight is 266 g/mol. The van der Waals surface area contributed by atoms with E-state index >= 15 is 0 Å². The lowest BCUT2D eigenvalue weighted by Gasteiger charge is -2.19. The maximum atomic E-state index is 11.0. The van der Waals surface area contributed by atoms with Crippen molar-refractivity contribution in [3.05, 3.63) is 29.3 Å². The highest BCUT2D eigenvalue weighted by molar-refractivity contribution is 5.90. The molecule has 5 heteroatoms. The van der Waals surface area contributed by atoms with Crippen molar-refractivity contribution in [3.8, 4) is 5.75 Å². The monoisotopic (exact) mass is 266 g/mol. The normalized spacial score (nSPS) is 11.1. The Morgan fingerprint density at radius 1 is 1.26 bits per heavy atom. The molecule has 1 aromatic rings. The van der Waals surface area contributed by atoms with Gasteiger partial charge < -0.3 is 19.6 Å². The Hall–Kier alpha value is -1.59. The summed E-state index contributed by atoms with van der Waals surface area (Å²) in [5.74, 6) is -0.560. The first kappa shape index (κ1) is 15.5. The second-order valence-corrected chi connectivity index (χ2v) is 4.88. The molecule has 0 fully saturated rings. The van der Waals surface area contributed by atoms with Gasteiger partial charge in [0.05, 0.1) is 7.11 Å². The van der Waals surface area contributed by atoms with Gasteiger partial charge in [-0.1, -0.05) is 6.07 Å². The molecule has 0 aliphatic heterocycles. The number of carbonyl (C=O) groups is 1. The van der Waals surface area contributed by atoms with Crippen LogP contribution in [0.5, 0.6) is 5.75 Å². The van der Waals surface area contributed by atoms with E-state index in [2.05, 4.69) is 9.80 Å². The van der Waals surface area contributed by atoms with E-state index in [1.807, 2.05) is 27.2 Å². The molecular formula is C14H22N2O3. The topological polar surface area (TPSA) is 53.0 Å². The van der Waals surface area contributed by atoms with Gasteiger partial charge in [0.15, 0.2) is 0 Å². The minimum atomic E-state index is -0.968. The number of rotatable bonds is 7. The molecule has 0 amide bonds. The standard InChI is InChI=1S/C14H22N2O3/c1-15(2)7-8-16(3)10-11-5-6-12(14(17)18)13(9-11)19-4/h5-6,9H,7-8,10H2,1-4H3,(H,17,18). The van der Waals surface area contributed by atoms with Gasteiger partial charge in [0.2, 0.25) is 0 Å². The van der Waals surface area contributed by atoms with Crippen molar-refractivity contribution in [1.29, 1.82) is 0 Å². The molecule has 19 heavy (non-hydrogen) atoms. The molecule has 0 aromatic heterocycles. The predicted octanol–water partition coefficient (Wildman–Crippen LogP) is 1.39. The van der Waals surface area contributed by atoms with Crippen LogP contribution in [0.25, 0.3) is 0 Å². The fraction of sp³-hybridized carbons (Fsp3) is 0.500. The van der Waals surface area contributed by atoms with Gasteiger partial charge in [-0.05, 0) is 38.8 Å². The molecule has 0 saturated carbocycles. The maximum absolute atomic E-state index is 11.0. The van der Waals surface area contributed by atoms with Crippen molar-refractivity contribution in [1.82, 2.24) is 9.80 Å².